The molecule has 2 heterocycles. The zero-order valence-corrected chi connectivity index (χ0v) is 11.2. The number of hydrogen-bond acceptors (Lipinski definition) is 2. The van der Waals surface area contributed by atoms with Crippen molar-refractivity contribution in [3.8, 4) is 0 Å². The predicted octanol–water partition coefficient (Wildman–Crippen LogP) is 3.79. The third kappa shape index (κ3) is 2.45. The fourth-order valence-corrected chi connectivity index (χ4v) is 2.28. The van der Waals surface area contributed by atoms with E-state index in [9.17, 15) is 0 Å². The first-order valence-electron chi connectivity index (χ1n) is 6.46. The monoisotopic (exact) mass is 251 g/mol. The molecule has 0 aliphatic rings. The molecule has 0 saturated carbocycles. The van der Waals surface area contributed by atoms with E-state index in [2.05, 4.69) is 45.6 Å². The van der Waals surface area contributed by atoms with Gasteiger partial charge in [0, 0.05) is 24.0 Å². The standard InChI is InChI=1S/C16H17N3/c1-11-3-6-15(12(2)19-11)18-10-13-4-5-14-7-8-17-16(14)9-13/h3-9,17-18H,10H2,1-2H3. The molecule has 0 bridgehead atoms. The molecule has 3 aromatic rings. The number of aryl methyl sites for hydroxylation is 2. The highest BCUT2D eigenvalue weighted by molar-refractivity contribution is 5.79. The van der Waals surface area contributed by atoms with Gasteiger partial charge in [0.15, 0.2) is 0 Å². The number of H-pyrrole nitrogens is 1. The zero-order chi connectivity index (χ0) is 13.2. The Morgan fingerprint density at radius 1 is 1.11 bits per heavy atom. The van der Waals surface area contributed by atoms with Gasteiger partial charge in [-0.2, -0.15) is 0 Å². The molecular formula is C16H17N3. The van der Waals surface area contributed by atoms with Gasteiger partial charge in [0.05, 0.1) is 11.4 Å². The van der Waals surface area contributed by atoms with E-state index in [4.69, 9.17) is 0 Å². The van der Waals surface area contributed by atoms with Gasteiger partial charge in [-0.05, 0) is 49.1 Å². The van der Waals surface area contributed by atoms with Crippen LogP contribution in [0.15, 0.2) is 42.6 Å². The Balaban J connectivity index is 1.77. The predicted molar refractivity (Wildman–Crippen MR) is 79.3 cm³/mol. The van der Waals surface area contributed by atoms with Gasteiger partial charge in [-0.3, -0.25) is 4.98 Å². The first kappa shape index (κ1) is 11.8. The van der Waals surface area contributed by atoms with Crippen molar-refractivity contribution < 1.29 is 0 Å². The van der Waals surface area contributed by atoms with Crippen LogP contribution in [0.4, 0.5) is 5.69 Å². The zero-order valence-electron chi connectivity index (χ0n) is 11.2. The minimum Gasteiger partial charge on any atom is -0.380 e. The molecule has 0 aliphatic heterocycles. The Morgan fingerprint density at radius 3 is 2.84 bits per heavy atom. The highest BCUT2D eigenvalue weighted by Gasteiger charge is 2.01. The Morgan fingerprint density at radius 2 is 2.00 bits per heavy atom. The molecule has 3 rings (SSSR count). The number of pyridine rings is 1. The first-order valence-corrected chi connectivity index (χ1v) is 6.46. The molecule has 2 aromatic heterocycles. The van der Waals surface area contributed by atoms with Gasteiger partial charge in [0.25, 0.3) is 0 Å². The molecule has 0 unspecified atom stereocenters. The molecule has 0 fully saturated rings. The summed E-state index contributed by atoms with van der Waals surface area (Å²) in [5, 5.41) is 4.68. The summed E-state index contributed by atoms with van der Waals surface area (Å²) in [5.41, 5.74) is 5.63. The summed E-state index contributed by atoms with van der Waals surface area (Å²) in [7, 11) is 0. The number of aromatic nitrogens is 2. The lowest BCUT2D eigenvalue weighted by atomic mass is 10.1. The Labute approximate surface area is 112 Å². The summed E-state index contributed by atoms with van der Waals surface area (Å²) in [6, 6.07) is 12.7. The quantitative estimate of drug-likeness (QED) is 0.743. The second-order valence-corrected chi connectivity index (χ2v) is 4.84. The number of rotatable bonds is 3. The number of nitrogens with zero attached hydrogens (tertiary/aromatic N) is 1. The van der Waals surface area contributed by atoms with Crippen molar-refractivity contribution in [2.75, 3.05) is 5.32 Å². The van der Waals surface area contributed by atoms with E-state index >= 15 is 0 Å². The summed E-state index contributed by atoms with van der Waals surface area (Å²) < 4.78 is 0. The fourth-order valence-electron chi connectivity index (χ4n) is 2.28. The van der Waals surface area contributed by atoms with Crippen molar-refractivity contribution >= 4 is 16.6 Å². The van der Waals surface area contributed by atoms with Gasteiger partial charge in [0.2, 0.25) is 0 Å². The number of benzene rings is 1. The van der Waals surface area contributed by atoms with Crippen LogP contribution in [-0.4, -0.2) is 9.97 Å². The van der Waals surface area contributed by atoms with Gasteiger partial charge in [-0.15, -0.1) is 0 Å². The van der Waals surface area contributed by atoms with Crippen molar-refractivity contribution in [1.29, 1.82) is 0 Å². The molecule has 0 radical (unpaired) electrons. The average Bonchev–Trinajstić information content (AvgIpc) is 2.85. The van der Waals surface area contributed by atoms with Crippen molar-refractivity contribution in [3.05, 3.63) is 59.5 Å². The average molecular weight is 251 g/mol. The number of anilines is 1. The molecule has 3 nitrogen and oxygen atoms in total. The van der Waals surface area contributed by atoms with Crippen LogP contribution in [-0.2, 0) is 6.54 Å². The lowest BCUT2D eigenvalue weighted by molar-refractivity contribution is 1.08. The third-order valence-corrected chi connectivity index (χ3v) is 3.33. The first-order chi connectivity index (χ1) is 9.22. The van der Waals surface area contributed by atoms with E-state index in [1.54, 1.807) is 0 Å². The minimum atomic E-state index is 0.806. The third-order valence-electron chi connectivity index (χ3n) is 3.33. The van der Waals surface area contributed by atoms with Gasteiger partial charge in [0.1, 0.15) is 0 Å². The van der Waals surface area contributed by atoms with E-state index in [1.165, 1.54) is 16.5 Å². The molecule has 0 aliphatic carbocycles. The number of fused-ring (bicyclic) bond motifs is 1. The molecule has 3 heteroatoms. The Hall–Kier alpha value is -2.29. The van der Waals surface area contributed by atoms with Crippen LogP contribution in [0.25, 0.3) is 10.9 Å². The van der Waals surface area contributed by atoms with E-state index in [0.717, 1.165) is 23.6 Å². The van der Waals surface area contributed by atoms with Crippen molar-refractivity contribution in [3.63, 3.8) is 0 Å². The highest BCUT2D eigenvalue weighted by Crippen LogP contribution is 2.17. The van der Waals surface area contributed by atoms with Crippen molar-refractivity contribution in [2.45, 2.75) is 20.4 Å². The number of hydrogen-bond donors (Lipinski definition) is 2. The van der Waals surface area contributed by atoms with Crippen LogP contribution >= 0.6 is 0 Å². The normalized spacial score (nSPS) is 10.8. The molecule has 0 amide bonds. The summed E-state index contributed by atoms with van der Waals surface area (Å²) >= 11 is 0. The fraction of sp³-hybridized carbons (Fsp3) is 0.188. The largest absolute Gasteiger partial charge is 0.380 e. The summed E-state index contributed by atoms with van der Waals surface area (Å²) in [4.78, 5) is 7.70. The van der Waals surface area contributed by atoms with Crippen LogP contribution in [0.2, 0.25) is 0 Å². The van der Waals surface area contributed by atoms with Crippen LogP contribution in [0.3, 0.4) is 0 Å². The van der Waals surface area contributed by atoms with Crippen LogP contribution in [0.1, 0.15) is 17.0 Å². The van der Waals surface area contributed by atoms with Gasteiger partial charge >= 0.3 is 0 Å². The molecular weight excluding hydrogens is 234 g/mol. The molecule has 0 atom stereocenters. The second kappa shape index (κ2) is 4.76. The number of aromatic amines is 1. The molecule has 2 N–H and O–H groups in total. The molecule has 96 valence electrons. The second-order valence-electron chi connectivity index (χ2n) is 4.84. The van der Waals surface area contributed by atoms with E-state index in [0.29, 0.717) is 0 Å². The summed E-state index contributed by atoms with van der Waals surface area (Å²) in [6.07, 6.45) is 1.97. The van der Waals surface area contributed by atoms with Gasteiger partial charge in [-0.25, -0.2) is 0 Å². The Bertz CT molecular complexity index is 713. The van der Waals surface area contributed by atoms with E-state index in [-0.39, 0.29) is 0 Å². The molecule has 0 spiro atoms. The lowest BCUT2D eigenvalue weighted by Crippen LogP contribution is -2.02. The lowest BCUT2D eigenvalue weighted by Gasteiger charge is -2.09. The van der Waals surface area contributed by atoms with Crippen LogP contribution < -0.4 is 5.32 Å². The topological polar surface area (TPSA) is 40.7 Å². The number of nitrogens with one attached hydrogen (secondary N) is 2. The Kier molecular flexibility index (Phi) is 2.95. The molecule has 1 aromatic carbocycles. The van der Waals surface area contributed by atoms with Crippen LogP contribution in [0.5, 0.6) is 0 Å². The summed E-state index contributed by atoms with van der Waals surface area (Å²) in [5.74, 6) is 0. The SMILES string of the molecule is Cc1ccc(NCc2ccc3cc[nH]c3c2)c(C)n1. The van der Waals surface area contributed by atoms with E-state index in [1.807, 2.05) is 26.1 Å². The van der Waals surface area contributed by atoms with E-state index < -0.39 is 0 Å². The van der Waals surface area contributed by atoms with Gasteiger partial charge < -0.3 is 10.3 Å². The van der Waals surface area contributed by atoms with Crippen LogP contribution in [0, 0.1) is 13.8 Å². The maximum atomic E-state index is 4.46. The minimum absolute atomic E-state index is 0.806. The maximum absolute atomic E-state index is 4.46. The van der Waals surface area contributed by atoms with Crippen molar-refractivity contribution in [1.82, 2.24) is 9.97 Å². The van der Waals surface area contributed by atoms with Gasteiger partial charge in [-0.1, -0.05) is 12.1 Å². The highest BCUT2D eigenvalue weighted by atomic mass is 14.9. The maximum Gasteiger partial charge on any atom is 0.0606 e. The molecule has 0 saturated heterocycles. The summed E-state index contributed by atoms with van der Waals surface area (Å²) in [6.45, 7) is 4.85. The van der Waals surface area contributed by atoms with Crippen molar-refractivity contribution in [2.24, 2.45) is 0 Å². The molecule has 19 heavy (non-hydrogen) atoms. The smallest absolute Gasteiger partial charge is 0.0606 e.